The molecular formula is C10H17N3O4S. The first-order chi connectivity index (χ1) is 8.21. The van der Waals surface area contributed by atoms with Crippen molar-refractivity contribution in [3.63, 3.8) is 0 Å². The summed E-state index contributed by atoms with van der Waals surface area (Å²) in [5.74, 6) is -0.625. The van der Waals surface area contributed by atoms with Gasteiger partial charge < -0.3 is 9.67 Å². The maximum atomic E-state index is 12.1. The van der Waals surface area contributed by atoms with Crippen LogP contribution in [-0.4, -0.2) is 46.4 Å². The minimum Gasteiger partial charge on any atom is -0.480 e. The number of aromatic nitrogens is 2. The molecule has 0 aromatic carbocycles. The highest BCUT2D eigenvalue weighted by molar-refractivity contribution is 7.89. The highest BCUT2D eigenvalue weighted by Crippen LogP contribution is 2.16. The maximum Gasteiger partial charge on any atom is 0.321 e. The Morgan fingerprint density at radius 3 is 2.56 bits per heavy atom. The third-order valence-corrected chi connectivity index (χ3v) is 4.64. The van der Waals surface area contributed by atoms with Crippen molar-refractivity contribution < 1.29 is 18.3 Å². The van der Waals surface area contributed by atoms with Gasteiger partial charge in [-0.3, -0.25) is 4.79 Å². The van der Waals surface area contributed by atoms with Crippen molar-refractivity contribution in [1.29, 1.82) is 0 Å². The number of carboxylic acids is 1. The highest BCUT2D eigenvalue weighted by atomic mass is 32.2. The van der Waals surface area contributed by atoms with E-state index in [0.717, 1.165) is 4.31 Å². The van der Waals surface area contributed by atoms with Gasteiger partial charge in [-0.1, -0.05) is 0 Å². The van der Waals surface area contributed by atoms with E-state index in [1.165, 1.54) is 20.2 Å². The molecule has 1 N–H and O–H groups in total. The standard InChI is InChI=1S/C10H17N3O4S/c1-5-13-6-9(11-8(13)3)18(16,17)12(4)7(2)10(14)15/h6-7H,5H2,1-4H3,(H,14,15)/t7-/m0/s1. The van der Waals surface area contributed by atoms with Crippen LogP contribution in [0, 0.1) is 6.92 Å². The van der Waals surface area contributed by atoms with E-state index in [4.69, 9.17) is 5.11 Å². The Labute approximate surface area is 106 Å². The number of aryl methyl sites for hydroxylation is 2. The van der Waals surface area contributed by atoms with Gasteiger partial charge in [0.1, 0.15) is 11.9 Å². The van der Waals surface area contributed by atoms with Crippen molar-refractivity contribution in [1.82, 2.24) is 13.9 Å². The number of carbonyl (C=O) groups is 1. The summed E-state index contributed by atoms with van der Waals surface area (Å²) in [5, 5.41) is 8.71. The lowest BCUT2D eigenvalue weighted by atomic mass is 10.4. The van der Waals surface area contributed by atoms with E-state index in [1.54, 1.807) is 11.5 Å². The van der Waals surface area contributed by atoms with Gasteiger partial charge in [-0.2, -0.15) is 4.31 Å². The SMILES string of the molecule is CCn1cc(S(=O)(=O)N(C)[C@@H](C)C(=O)O)nc1C. The molecule has 0 aliphatic heterocycles. The summed E-state index contributed by atoms with van der Waals surface area (Å²) < 4.78 is 26.8. The summed E-state index contributed by atoms with van der Waals surface area (Å²) in [6.45, 7) is 5.48. The summed E-state index contributed by atoms with van der Waals surface area (Å²) >= 11 is 0. The van der Waals surface area contributed by atoms with Crippen LogP contribution in [0.2, 0.25) is 0 Å². The molecule has 102 valence electrons. The predicted octanol–water partition coefficient (Wildman–Crippen LogP) is 0.305. The molecule has 1 heterocycles. The van der Waals surface area contributed by atoms with Gasteiger partial charge in [0.2, 0.25) is 0 Å². The van der Waals surface area contributed by atoms with Crippen LogP contribution in [0.25, 0.3) is 0 Å². The Balaban J connectivity index is 3.17. The largest absolute Gasteiger partial charge is 0.480 e. The van der Waals surface area contributed by atoms with Gasteiger partial charge in [0, 0.05) is 19.8 Å². The fourth-order valence-electron chi connectivity index (χ4n) is 1.43. The molecule has 0 fully saturated rings. The molecule has 0 saturated carbocycles. The fourth-order valence-corrected chi connectivity index (χ4v) is 2.74. The topological polar surface area (TPSA) is 92.5 Å². The lowest BCUT2D eigenvalue weighted by Crippen LogP contribution is -2.40. The molecule has 1 aromatic heterocycles. The molecule has 0 radical (unpaired) electrons. The molecule has 0 spiro atoms. The van der Waals surface area contributed by atoms with Gasteiger partial charge >= 0.3 is 5.97 Å². The Morgan fingerprint density at radius 2 is 2.17 bits per heavy atom. The van der Waals surface area contributed by atoms with Crippen LogP contribution in [0.1, 0.15) is 19.7 Å². The van der Waals surface area contributed by atoms with Crippen LogP contribution < -0.4 is 0 Å². The minimum absolute atomic E-state index is 0.127. The van der Waals surface area contributed by atoms with Gasteiger partial charge in [0.15, 0.2) is 5.03 Å². The smallest absolute Gasteiger partial charge is 0.321 e. The molecule has 1 rings (SSSR count). The normalized spacial score (nSPS) is 13.8. The average molecular weight is 275 g/mol. The number of likely N-dealkylation sites (N-methyl/N-ethyl adjacent to an activating group) is 1. The molecule has 8 heteroatoms. The van der Waals surface area contributed by atoms with Crippen LogP contribution in [0.4, 0.5) is 0 Å². The van der Waals surface area contributed by atoms with Crippen LogP contribution in [-0.2, 0) is 21.4 Å². The molecule has 0 amide bonds. The number of rotatable bonds is 5. The monoisotopic (exact) mass is 275 g/mol. The van der Waals surface area contributed by atoms with Crippen molar-refractivity contribution in [2.24, 2.45) is 0 Å². The number of nitrogens with zero attached hydrogens (tertiary/aromatic N) is 3. The fraction of sp³-hybridized carbons (Fsp3) is 0.600. The van der Waals surface area contributed by atoms with Crippen LogP contribution in [0.3, 0.4) is 0 Å². The number of aliphatic carboxylic acids is 1. The van der Waals surface area contributed by atoms with Crippen molar-refractivity contribution in [2.75, 3.05) is 7.05 Å². The summed E-state index contributed by atoms with van der Waals surface area (Å²) in [6, 6.07) is -1.14. The summed E-state index contributed by atoms with van der Waals surface area (Å²) in [6.07, 6.45) is 1.41. The zero-order valence-electron chi connectivity index (χ0n) is 10.8. The Bertz CT molecular complexity index is 549. The van der Waals surface area contributed by atoms with E-state index in [2.05, 4.69) is 4.98 Å². The number of carboxylic acid groups (broad SMARTS) is 1. The molecule has 7 nitrogen and oxygen atoms in total. The van der Waals surface area contributed by atoms with Gasteiger partial charge in [0.25, 0.3) is 10.0 Å². The summed E-state index contributed by atoms with van der Waals surface area (Å²) in [7, 11) is -2.64. The number of sulfonamides is 1. The Morgan fingerprint density at radius 1 is 1.61 bits per heavy atom. The molecule has 0 unspecified atom stereocenters. The highest BCUT2D eigenvalue weighted by Gasteiger charge is 2.31. The molecule has 0 aliphatic rings. The number of hydrogen-bond donors (Lipinski definition) is 1. The third kappa shape index (κ3) is 2.54. The number of imidazole rings is 1. The van der Waals surface area contributed by atoms with Crippen LogP contribution in [0.15, 0.2) is 11.2 Å². The van der Waals surface area contributed by atoms with E-state index in [9.17, 15) is 13.2 Å². The maximum absolute atomic E-state index is 12.1. The lowest BCUT2D eigenvalue weighted by molar-refractivity contribution is -0.140. The zero-order valence-corrected chi connectivity index (χ0v) is 11.6. The van der Waals surface area contributed by atoms with Gasteiger partial charge in [-0.15, -0.1) is 0 Å². The second kappa shape index (κ2) is 5.07. The molecular weight excluding hydrogens is 258 g/mol. The first-order valence-corrected chi connectivity index (χ1v) is 6.90. The van der Waals surface area contributed by atoms with Crippen molar-refractivity contribution >= 4 is 16.0 Å². The van der Waals surface area contributed by atoms with Crippen LogP contribution >= 0.6 is 0 Å². The van der Waals surface area contributed by atoms with E-state index in [-0.39, 0.29) is 5.03 Å². The van der Waals surface area contributed by atoms with E-state index in [0.29, 0.717) is 12.4 Å². The van der Waals surface area contributed by atoms with Crippen molar-refractivity contribution in [2.45, 2.75) is 38.4 Å². The summed E-state index contributed by atoms with van der Waals surface area (Å²) in [4.78, 5) is 14.8. The van der Waals surface area contributed by atoms with Gasteiger partial charge in [0.05, 0.1) is 0 Å². The Hall–Kier alpha value is -1.41. The van der Waals surface area contributed by atoms with Crippen molar-refractivity contribution in [3.8, 4) is 0 Å². The number of hydrogen-bond acceptors (Lipinski definition) is 4. The molecule has 0 aliphatic carbocycles. The van der Waals surface area contributed by atoms with E-state index in [1.807, 2.05) is 6.92 Å². The second-order valence-corrected chi connectivity index (χ2v) is 5.89. The van der Waals surface area contributed by atoms with E-state index >= 15 is 0 Å². The molecule has 0 saturated heterocycles. The van der Waals surface area contributed by atoms with Crippen LogP contribution in [0.5, 0.6) is 0 Å². The Kier molecular flexibility index (Phi) is 4.12. The summed E-state index contributed by atoms with van der Waals surface area (Å²) in [5.41, 5.74) is 0. The first-order valence-electron chi connectivity index (χ1n) is 5.46. The van der Waals surface area contributed by atoms with Crippen molar-refractivity contribution in [3.05, 3.63) is 12.0 Å². The van der Waals surface area contributed by atoms with E-state index < -0.39 is 22.0 Å². The lowest BCUT2D eigenvalue weighted by Gasteiger charge is -2.19. The zero-order chi connectivity index (χ0) is 14.1. The predicted molar refractivity (Wildman–Crippen MR) is 64.7 cm³/mol. The molecule has 1 atom stereocenters. The molecule has 0 bridgehead atoms. The molecule has 1 aromatic rings. The van der Waals surface area contributed by atoms with Gasteiger partial charge in [-0.25, -0.2) is 13.4 Å². The third-order valence-electron chi connectivity index (χ3n) is 2.84. The minimum atomic E-state index is -3.87. The van der Waals surface area contributed by atoms with Gasteiger partial charge in [-0.05, 0) is 20.8 Å². The quantitative estimate of drug-likeness (QED) is 0.834. The average Bonchev–Trinajstić information content (AvgIpc) is 2.68. The first kappa shape index (κ1) is 14.7. The molecule has 18 heavy (non-hydrogen) atoms. The second-order valence-electron chi connectivity index (χ2n) is 3.95.